The van der Waals surface area contributed by atoms with Gasteiger partial charge in [-0.1, -0.05) is 80.9 Å². The van der Waals surface area contributed by atoms with Crippen molar-refractivity contribution in [2.45, 2.75) is 44.7 Å². The zero-order valence-corrected chi connectivity index (χ0v) is 24.8. The summed E-state index contributed by atoms with van der Waals surface area (Å²) < 4.78 is 34.0. The molecule has 2 amide bonds. The topological polar surface area (TPSA) is 96.0 Å². The number of halogens is 1. The first-order chi connectivity index (χ1) is 19.1. The number of ether oxygens (including phenoxy) is 1. The quantitative estimate of drug-likeness (QED) is 0.300. The maximum absolute atomic E-state index is 14.0. The minimum absolute atomic E-state index is 0.0195. The summed E-state index contributed by atoms with van der Waals surface area (Å²) in [6, 6.07) is 20.9. The lowest BCUT2D eigenvalue weighted by molar-refractivity contribution is -0.140. The van der Waals surface area contributed by atoms with Gasteiger partial charge in [-0.05, 0) is 48.2 Å². The summed E-state index contributed by atoms with van der Waals surface area (Å²) >= 11 is 6.36. The van der Waals surface area contributed by atoms with Gasteiger partial charge in [-0.25, -0.2) is 8.42 Å². The fraction of sp³-hybridized carbons (Fsp3) is 0.333. The number of hydrogen-bond acceptors (Lipinski definition) is 5. The van der Waals surface area contributed by atoms with Crippen LogP contribution in [-0.2, 0) is 26.2 Å². The van der Waals surface area contributed by atoms with Gasteiger partial charge >= 0.3 is 0 Å². The summed E-state index contributed by atoms with van der Waals surface area (Å²) in [6.07, 6.45) is 0.350. The molecule has 0 radical (unpaired) electrons. The van der Waals surface area contributed by atoms with Gasteiger partial charge < -0.3 is 15.0 Å². The Labute approximate surface area is 241 Å². The molecule has 0 aliphatic rings. The maximum Gasteiger partial charge on any atom is 0.264 e. The van der Waals surface area contributed by atoms with Gasteiger partial charge in [0.15, 0.2) is 0 Å². The van der Waals surface area contributed by atoms with Crippen molar-refractivity contribution >= 4 is 39.1 Å². The van der Waals surface area contributed by atoms with Crippen molar-refractivity contribution in [2.24, 2.45) is 5.92 Å². The van der Waals surface area contributed by atoms with E-state index in [0.717, 1.165) is 9.87 Å². The molecule has 0 aliphatic carbocycles. The van der Waals surface area contributed by atoms with Crippen LogP contribution in [0.5, 0.6) is 5.75 Å². The fourth-order valence-electron chi connectivity index (χ4n) is 4.18. The zero-order valence-electron chi connectivity index (χ0n) is 23.2. The Hall–Kier alpha value is -3.56. The third kappa shape index (κ3) is 7.76. The number of nitrogens with zero attached hydrogens (tertiary/aromatic N) is 2. The van der Waals surface area contributed by atoms with Gasteiger partial charge in [0.05, 0.1) is 22.7 Å². The molecule has 0 fully saturated rings. The van der Waals surface area contributed by atoms with Gasteiger partial charge in [-0.15, -0.1) is 0 Å². The lowest BCUT2D eigenvalue weighted by Gasteiger charge is -2.33. The van der Waals surface area contributed by atoms with Crippen LogP contribution >= 0.6 is 11.6 Å². The van der Waals surface area contributed by atoms with Crippen LogP contribution in [0, 0.1) is 5.92 Å². The van der Waals surface area contributed by atoms with E-state index in [1.165, 1.54) is 36.3 Å². The van der Waals surface area contributed by atoms with Crippen LogP contribution in [0.25, 0.3) is 0 Å². The Kier molecular flexibility index (Phi) is 11.0. The maximum atomic E-state index is 14.0. The molecular weight excluding hydrogens is 550 g/mol. The molecule has 3 aromatic rings. The molecule has 1 atom stereocenters. The van der Waals surface area contributed by atoms with Crippen LogP contribution in [0.15, 0.2) is 83.8 Å². The second-order valence-electron chi connectivity index (χ2n) is 9.71. The molecule has 214 valence electrons. The molecule has 0 aromatic heterocycles. The monoisotopic (exact) mass is 585 g/mol. The highest BCUT2D eigenvalue weighted by molar-refractivity contribution is 7.92. The molecule has 0 aliphatic heterocycles. The van der Waals surface area contributed by atoms with Crippen molar-refractivity contribution in [2.75, 3.05) is 24.5 Å². The van der Waals surface area contributed by atoms with Gasteiger partial charge in [-0.2, -0.15) is 0 Å². The van der Waals surface area contributed by atoms with Crippen LogP contribution in [0.4, 0.5) is 5.69 Å². The molecule has 0 spiro atoms. The van der Waals surface area contributed by atoms with Crippen molar-refractivity contribution in [3.8, 4) is 5.75 Å². The normalized spacial score (nSPS) is 12.1. The fourth-order valence-corrected chi connectivity index (χ4v) is 5.86. The standard InChI is InChI=1S/C30H36ClN3O5S/c1-5-27(30(36)32-19-22(2)3)33(20-23-12-8-6-9-13-23)29(35)21-34(24-16-17-28(39-4)26(31)18-24)40(37,38)25-14-10-7-11-15-25/h6-18,22,27H,5,19-21H2,1-4H3,(H,32,36)/t27-/m0/s1. The molecule has 0 unspecified atom stereocenters. The van der Waals surface area contributed by atoms with E-state index in [4.69, 9.17) is 16.3 Å². The van der Waals surface area contributed by atoms with Gasteiger partial charge in [0, 0.05) is 13.1 Å². The first kappa shape index (κ1) is 31.0. The predicted octanol–water partition coefficient (Wildman–Crippen LogP) is 5.12. The van der Waals surface area contributed by atoms with E-state index in [0.29, 0.717) is 18.7 Å². The third-order valence-electron chi connectivity index (χ3n) is 6.30. The van der Waals surface area contributed by atoms with Gasteiger partial charge in [-0.3, -0.25) is 13.9 Å². The molecule has 40 heavy (non-hydrogen) atoms. The van der Waals surface area contributed by atoms with E-state index in [9.17, 15) is 18.0 Å². The lowest BCUT2D eigenvalue weighted by atomic mass is 10.1. The van der Waals surface area contributed by atoms with E-state index in [-0.39, 0.29) is 34.0 Å². The molecule has 0 bridgehead atoms. The molecule has 0 saturated heterocycles. The van der Waals surface area contributed by atoms with Gasteiger partial charge in [0.25, 0.3) is 10.0 Å². The Balaban J connectivity index is 2.05. The van der Waals surface area contributed by atoms with Crippen molar-refractivity contribution in [3.05, 3.63) is 89.4 Å². The van der Waals surface area contributed by atoms with Gasteiger partial charge in [0.1, 0.15) is 18.3 Å². The van der Waals surface area contributed by atoms with E-state index >= 15 is 0 Å². The number of nitrogens with one attached hydrogen (secondary N) is 1. The minimum Gasteiger partial charge on any atom is -0.495 e. The predicted molar refractivity (Wildman–Crippen MR) is 158 cm³/mol. The van der Waals surface area contributed by atoms with Crippen LogP contribution in [0.1, 0.15) is 32.8 Å². The Morgan fingerprint density at radius 2 is 1.60 bits per heavy atom. The molecule has 0 heterocycles. The number of hydrogen-bond donors (Lipinski definition) is 1. The van der Waals surface area contributed by atoms with Crippen LogP contribution in [-0.4, -0.2) is 51.4 Å². The minimum atomic E-state index is -4.18. The second-order valence-corrected chi connectivity index (χ2v) is 12.0. The Bertz CT molecular complexity index is 1380. The van der Waals surface area contributed by atoms with E-state index < -0.39 is 28.5 Å². The average molecular weight is 586 g/mol. The highest BCUT2D eigenvalue weighted by atomic mass is 35.5. The zero-order chi connectivity index (χ0) is 29.3. The lowest BCUT2D eigenvalue weighted by Crippen LogP contribution is -2.52. The van der Waals surface area contributed by atoms with Crippen LogP contribution < -0.4 is 14.4 Å². The summed E-state index contributed by atoms with van der Waals surface area (Å²) in [4.78, 5) is 28.7. The number of anilines is 1. The number of carbonyl (C=O) groups is 2. The summed E-state index contributed by atoms with van der Waals surface area (Å²) in [5.41, 5.74) is 1.01. The molecule has 10 heteroatoms. The SMILES string of the molecule is CC[C@@H](C(=O)NCC(C)C)N(Cc1ccccc1)C(=O)CN(c1ccc(OC)c(Cl)c1)S(=O)(=O)c1ccccc1. The number of rotatable bonds is 13. The van der Waals surface area contributed by atoms with Crippen LogP contribution in [0.2, 0.25) is 5.02 Å². The van der Waals surface area contributed by atoms with E-state index in [1.807, 2.05) is 51.1 Å². The molecular formula is C30H36ClN3O5S. The summed E-state index contributed by atoms with van der Waals surface area (Å²) in [5.74, 6) is -0.217. The van der Waals surface area contributed by atoms with Crippen molar-refractivity contribution in [1.82, 2.24) is 10.2 Å². The number of methoxy groups -OCH3 is 1. The highest BCUT2D eigenvalue weighted by Gasteiger charge is 2.33. The van der Waals surface area contributed by atoms with Crippen LogP contribution in [0.3, 0.4) is 0 Å². The number of sulfonamides is 1. The Morgan fingerprint density at radius 1 is 0.975 bits per heavy atom. The molecule has 1 N–H and O–H groups in total. The largest absolute Gasteiger partial charge is 0.495 e. The second kappa shape index (κ2) is 14.2. The summed E-state index contributed by atoms with van der Waals surface area (Å²) in [6.45, 7) is 5.85. The third-order valence-corrected chi connectivity index (χ3v) is 8.38. The Morgan fingerprint density at radius 3 is 2.15 bits per heavy atom. The molecule has 3 rings (SSSR count). The first-order valence-electron chi connectivity index (χ1n) is 13.1. The number of amides is 2. The number of benzene rings is 3. The van der Waals surface area contributed by atoms with E-state index in [2.05, 4.69) is 5.32 Å². The average Bonchev–Trinajstić information content (AvgIpc) is 2.95. The number of carbonyl (C=O) groups excluding carboxylic acids is 2. The van der Waals surface area contributed by atoms with Crippen molar-refractivity contribution in [3.63, 3.8) is 0 Å². The van der Waals surface area contributed by atoms with Crippen molar-refractivity contribution < 1.29 is 22.7 Å². The summed E-state index contributed by atoms with van der Waals surface area (Å²) in [5, 5.41) is 3.12. The van der Waals surface area contributed by atoms with E-state index in [1.54, 1.807) is 24.3 Å². The van der Waals surface area contributed by atoms with Gasteiger partial charge in [0.2, 0.25) is 11.8 Å². The smallest absolute Gasteiger partial charge is 0.264 e. The molecule has 8 nitrogen and oxygen atoms in total. The van der Waals surface area contributed by atoms with Crippen molar-refractivity contribution in [1.29, 1.82) is 0 Å². The first-order valence-corrected chi connectivity index (χ1v) is 14.9. The highest BCUT2D eigenvalue weighted by Crippen LogP contribution is 2.32. The summed E-state index contributed by atoms with van der Waals surface area (Å²) in [7, 11) is -2.72. The molecule has 3 aromatic carbocycles. The molecule has 0 saturated carbocycles.